The zero-order valence-electron chi connectivity index (χ0n) is 10.9. The summed E-state index contributed by atoms with van der Waals surface area (Å²) in [4.78, 5) is 11.6. The van der Waals surface area contributed by atoms with Crippen LogP contribution in [0.3, 0.4) is 0 Å². The van der Waals surface area contributed by atoms with Gasteiger partial charge in [0.1, 0.15) is 0 Å². The van der Waals surface area contributed by atoms with E-state index in [1.165, 1.54) is 0 Å². The van der Waals surface area contributed by atoms with Crippen molar-refractivity contribution >= 4 is 17.7 Å². The van der Waals surface area contributed by atoms with Crippen LogP contribution in [0.1, 0.15) is 20.3 Å². The average Bonchev–Trinajstić information content (AvgIpc) is 2.26. The molecule has 0 bridgehead atoms. The molecule has 0 aromatic rings. The maximum atomic E-state index is 11.6. The first-order valence-corrected chi connectivity index (χ1v) is 7.14. The summed E-state index contributed by atoms with van der Waals surface area (Å²) in [5.74, 6) is 0.439. The monoisotopic (exact) mass is 264 g/mol. The number of hydrogen-bond acceptors (Lipinski definition) is 5. The van der Waals surface area contributed by atoms with Gasteiger partial charge in [0.05, 0.1) is 18.1 Å². The van der Waals surface area contributed by atoms with Crippen LogP contribution in [-0.2, 0) is 9.53 Å². The zero-order chi connectivity index (χ0) is 13.3. The Labute approximate surface area is 107 Å². The zero-order valence-corrected chi connectivity index (χ0v) is 11.7. The Kier molecular flexibility index (Phi) is 8.59. The normalized spacial score (nSPS) is 16.3. The number of carbonyl (C=O) groups is 1. The second kappa shape index (κ2) is 8.74. The number of carbonyl (C=O) groups excluding carboxylic acids is 1. The predicted molar refractivity (Wildman–Crippen MR) is 71.1 cm³/mol. The fourth-order valence-electron chi connectivity index (χ4n) is 1.38. The second-order valence-corrected chi connectivity index (χ2v) is 5.09. The van der Waals surface area contributed by atoms with Crippen molar-refractivity contribution in [2.24, 2.45) is 5.73 Å². The van der Waals surface area contributed by atoms with Crippen molar-refractivity contribution in [1.82, 2.24) is 5.32 Å². The maximum absolute atomic E-state index is 11.6. The predicted octanol–water partition coefficient (Wildman–Crippen LogP) is -0.0295. The van der Waals surface area contributed by atoms with Crippen molar-refractivity contribution < 1.29 is 14.6 Å². The lowest BCUT2D eigenvalue weighted by Crippen LogP contribution is -2.43. The van der Waals surface area contributed by atoms with Crippen LogP contribution in [0.2, 0.25) is 0 Å². The van der Waals surface area contributed by atoms with E-state index in [0.717, 1.165) is 0 Å². The van der Waals surface area contributed by atoms with Gasteiger partial charge in [-0.1, -0.05) is 0 Å². The number of rotatable bonds is 9. The molecule has 4 N–H and O–H groups in total. The molecule has 0 saturated heterocycles. The number of aliphatic hydroxyl groups is 1. The van der Waals surface area contributed by atoms with E-state index in [1.807, 2.05) is 13.2 Å². The molecular formula is C11H24N2O3S. The molecule has 0 aliphatic rings. The molecule has 0 rings (SSSR count). The molecular weight excluding hydrogens is 240 g/mol. The number of nitrogens with one attached hydrogen (secondary N) is 1. The third-order valence-corrected chi connectivity index (χ3v) is 3.11. The summed E-state index contributed by atoms with van der Waals surface area (Å²) in [7, 11) is 0. The molecule has 0 radical (unpaired) electrons. The molecule has 0 heterocycles. The third kappa shape index (κ3) is 8.43. The summed E-state index contributed by atoms with van der Waals surface area (Å²) in [5.41, 5.74) is 4.60. The Morgan fingerprint density at radius 2 is 2.29 bits per heavy atom. The largest absolute Gasteiger partial charge is 0.387 e. The fourth-order valence-corrected chi connectivity index (χ4v) is 2.10. The Bertz CT molecular complexity index is 225. The lowest BCUT2D eigenvalue weighted by molar-refractivity contribution is -0.124. The van der Waals surface area contributed by atoms with Gasteiger partial charge in [-0.25, -0.2) is 0 Å². The lowest BCUT2D eigenvalue weighted by atomic mass is 10.1. The molecule has 17 heavy (non-hydrogen) atoms. The van der Waals surface area contributed by atoms with E-state index in [2.05, 4.69) is 5.32 Å². The van der Waals surface area contributed by atoms with Gasteiger partial charge in [0, 0.05) is 25.4 Å². The quantitative estimate of drug-likeness (QED) is 0.544. The molecule has 5 nitrogen and oxygen atoms in total. The first kappa shape index (κ1) is 16.7. The first-order valence-electron chi connectivity index (χ1n) is 5.75. The van der Waals surface area contributed by atoms with Gasteiger partial charge in [-0.2, -0.15) is 11.8 Å². The highest BCUT2D eigenvalue weighted by Gasteiger charge is 2.21. The Morgan fingerprint density at radius 3 is 2.76 bits per heavy atom. The van der Waals surface area contributed by atoms with Crippen molar-refractivity contribution in [1.29, 1.82) is 0 Å². The van der Waals surface area contributed by atoms with E-state index < -0.39 is 5.60 Å². The van der Waals surface area contributed by atoms with E-state index in [9.17, 15) is 9.90 Å². The SMILES string of the molecule is CCOC(CN)CC(=O)NCC(C)(O)CSC. The summed E-state index contributed by atoms with van der Waals surface area (Å²) in [6, 6.07) is 0. The molecule has 0 spiro atoms. The molecule has 1 amide bonds. The van der Waals surface area contributed by atoms with Crippen molar-refractivity contribution in [2.45, 2.75) is 32.0 Å². The van der Waals surface area contributed by atoms with Gasteiger partial charge in [0.15, 0.2) is 0 Å². The number of thioether (sulfide) groups is 1. The standard InChI is InChI=1S/C11H24N2O3S/c1-4-16-9(6-12)5-10(14)13-7-11(2,15)8-17-3/h9,15H,4-8,12H2,1-3H3,(H,13,14). The maximum Gasteiger partial charge on any atom is 0.222 e. The lowest BCUT2D eigenvalue weighted by Gasteiger charge is -2.23. The highest BCUT2D eigenvalue weighted by atomic mass is 32.2. The van der Waals surface area contributed by atoms with Crippen LogP contribution in [0.4, 0.5) is 0 Å². The van der Waals surface area contributed by atoms with E-state index in [0.29, 0.717) is 18.9 Å². The highest BCUT2D eigenvalue weighted by molar-refractivity contribution is 7.98. The fraction of sp³-hybridized carbons (Fsp3) is 0.909. The average molecular weight is 264 g/mol. The van der Waals surface area contributed by atoms with Crippen molar-refractivity contribution in [2.75, 3.05) is 31.7 Å². The molecule has 0 aromatic heterocycles. The third-order valence-electron chi connectivity index (χ3n) is 2.20. The molecule has 2 atom stereocenters. The van der Waals surface area contributed by atoms with Gasteiger partial charge in [-0.15, -0.1) is 0 Å². The molecule has 0 aromatic carbocycles. The van der Waals surface area contributed by atoms with Crippen LogP contribution in [0, 0.1) is 0 Å². The van der Waals surface area contributed by atoms with Gasteiger partial charge >= 0.3 is 0 Å². The molecule has 2 unspecified atom stereocenters. The summed E-state index contributed by atoms with van der Waals surface area (Å²) in [6.07, 6.45) is 1.90. The topological polar surface area (TPSA) is 84.6 Å². The Balaban J connectivity index is 3.93. The van der Waals surface area contributed by atoms with Gasteiger partial charge in [-0.3, -0.25) is 4.79 Å². The van der Waals surface area contributed by atoms with Gasteiger partial charge in [0.2, 0.25) is 5.91 Å². The van der Waals surface area contributed by atoms with Crippen LogP contribution in [0.15, 0.2) is 0 Å². The van der Waals surface area contributed by atoms with E-state index in [4.69, 9.17) is 10.5 Å². The number of ether oxygens (including phenoxy) is 1. The number of nitrogens with two attached hydrogens (primary N) is 1. The van der Waals surface area contributed by atoms with Crippen molar-refractivity contribution in [3.8, 4) is 0 Å². The van der Waals surface area contributed by atoms with E-state index in [1.54, 1.807) is 18.7 Å². The van der Waals surface area contributed by atoms with Gasteiger partial charge in [-0.05, 0) is 20.1 Å². The molecule has 102 valence electrons. The first-order chi connectivity index (χ1) is 7.95. The molecule has 0 aliphatic carbocycles. The molecule has 0 aliphatic heterocycles. The van der Waals surface area contributed by atoms with E-state index in [-0.39, 0.29) is 25.0 Å². The van der Waals surface area contributed by atoms with Gasteiger partial charge < -0.3 is 20.9 Å². The second-order valence-electron chi connectivity index (χ2n) is 4.22. The van der Waals surface area contributed by atoms with Crippen LogP contribution < -0.4 is 11.1 Å². The Hall–Kier alpha value is -0.300. The minimum Gasteiger partial charge on any atom is -0.387 e. The number of amides is 1. The van der Waals surface area contributed by atoms with Crippen LogP contribution in [0.5, 0.6) is 0 Å². The summed E-state index contributed by atoms with van der Waals surface area (Å²) >= 11 is 1.54. The van der Waals surface area contributed by atoms with Crippen molar-refractivity contribution in [3.05, 3.63) is 0 Å². The Morgan fingerprint density at radius 1 is 1.65 bits per heavy atom. The van der Waals surface area contributed by atoms with Crippen LogP contribution in [-0.4, -0.2) is 54.4 Å². The van der Waals surface area contributed by atoms with Crippen LogP contribution >= 0.6 is 11.8 Å². The smallest absolute Gasteiger partial charge is 0.222 e. The summed E-state index contributed by atoms with van der Waals surface area (Å²) < 4.78 is 5.29. The highest BCUT2D eigenvalue weighted by Crippen LogP contribution is 2.09. The van der Waals surface area contributed by atoms with E-state index >= 15 is 0 Å². The summed E-state index contributed by atoms with van der Waals surface area (Å²) in [6.45, 7) is 4.68. The number of hydrogen-bond donors (Lipinski definition) is 3. The van der Waals surface area contributed by atoms with Crippen LogP contribution in [0.25, 0.3) is 0 Å². The molecule has 0 fully saturated rings. The minimum atomic E-state index is -0.876. The van der Waals surface area contributed by atoms with Gasteiger partial charge in [0.25, 0.3) is 0 Å². The summed E-state index contributed by atoms with van der Waals surface area (Å²) in [5, 5.41) is 12.6. The molecule has 0 saturated carbocycles. The molecule has 6 heteroatoms. The van der Waals surface area contributed by atoms with Crippen molar-refractivity contribution in [3.63, 3.8) is 0 Å². The minimum absolute atomic E-state index is 0.143.